The van der Waals surface area contributed by atoms with E-state index >= 15 is 0 Å². The lowest BCUT2D eigenvalue weighted by Gasteiger charge is -2.23. The minimum atomic E-state index is 0.0611. The summed E-state index contributed by atoms with van der Waals surface area (Å²) < 4.78 is 0. The molecule has 20 heavy (non-hydrogen) atoms. The monoisotopic (exact) mass is 266 g/mol. The zero-order chi connectivity index (χ0) is 14.1. The van der Waals surface area contributed by atoms with Crippen LogP contribution in [0.15, 0.2) is 48.5 Å². The molecular weight excluding hydrogens is 248 g/mol. The van der Waals surface area contributed by atoms with E-state index in [9.17, 15) is 4.79 Å². The van der Waals surface area contributed by atoms with Crippen LogP contribution in [0.3, 0.4) is 0 Å². The van der Waals surface area contributed by atoms with E-state index in [2.05, 4.69) is 13.0 Å². The highest BCUT2D eigenvalue weighted by Gasteiger charge is 2.31. The van der Waals surface area contributed by atoms with Gasteiger partial charge in [-0.1, -0.05) is 30.3 Å². The SMILES string of the molecule is C[C@@H]1Cc2ccc(CN)cc2N1C(=O)c1ccccc1. The van der Waals surface area contributed by atoms with Gasteiger partial charge in [-0.3, -0.25) is 4.79 Å². The number of hydrogen-bond donors (Lipinski definition) is 1. The van der Waals surface area contributed by atoms with Crippen molar-refractivity contribution in [1.82, 2.24) is 0 Å². The number of carbonyl (C=O) groups is 1. The predicted octanol–water partition coefficient (Wildman–Crippen LogP) is 2.74. The van der Waals surface area contributed by atoms with Crippen LogP contribution in [0.25, 0.3) is 0 Å². The third-order valence-corrected chi connectivity index (χ3v) is 3.84. The van der Waals surface area contributed by atoms with Crippen LogP contribution in [-0.4, -0.2) is 11.9 Å². The normalized spacial score (nSPS) is 17.1. The highest BCUT2D eigenvalue weighted by molar-refractivity contribution is 6.07. The number of carbonyl (C=O) groups excluding carboxylic acids is 1. The van der Waals surface area contributed by atoms with Gasteiger partial charge >= 0.3 is 0 Å². The van der Waals surface area contributed by atoms with Gasteiger partial charge in [0.05, 0.1) is 0 Å². The molecule has 2 aromatic rings. The Hall–Kier alpha value is -2.13. The summed E-state index contributed by atoms with van der Waals surface area (Å²) in [5, 5.41) is 0. The molecule has 2 N–H and O–H groups in total. The average molecular weight is 266 g/mol. The number of nitrogens with zero attached hydrogens (tertiary/aromatic N) is 1. The highest BCUT2D eigenvalue weighted by Crippen LogP contribution is 2.34. The van der Waals surface area contributed by atoms with Crippen molar-refractivity contribution in [3.05, 3.63) is 65.2 Å². The first kappa shape index (κ1) is 12.9. The molecular formula is C17H18N2O. The molecule has 1 aliphatic heterocycles. The predicted molar refractivity (Wildman–Crippen MR) is 80.8 cm³/mol. The lowest BCUT2D eigenvalue weighted by Crippen LogP contribution is -2.35. The first-order valence-corrected chi connectivity index (χ1v) is 6.91. The van der Waals surface area contributed by atoms with Crippen molar-refractivity contribution in [2.45, 2.75) is 25.9 Å². The standard InChI is InChI=1S/C17H18N2O/c1-12-9-15-8-7-13(11-18)10-16(15)19(12)17(20)14-5-3-2-4-6-14/h2-8,10,12H,9,11,18H2,1H3/t12-/m1/s1. The van der Waals surface area contributed by atoms with E-state index in [-0.39, 0.29) is 11.9 Å². The molecule has 0 unspecified atom stereocenters. The minimum Gasteiger partial charge on any atom is -0.326 e. The molecule has 0 fully saturated rings. The Kier molecular flexibility index (Phi) is 3.28. The number of amides is 1. The third kappa shape index (κ3) is 2.10. The van der Waals surface area contributed by atoms with Crippen molar-refractivity contribution in [1.29, 1.82) is 0 Å². The summed E-state index contributed by atoms with van der Waals surface area (Å²) in [6.07, 6.45) is 0.902. The molecule has 1 aliphatic rings. The summed E-state index contributed by atoms with van der Waals surface area (Å²) in [6.45, 7) is 2.58. The molecule has 3 rings (SSSR count). The first-order chi connectivity index (χ1) is 9.70. The van der Waals surface area contributed by atoms with E-state index in [1.54, 1.807) is 0 Å². The molecule has 1 amide bonds. The minimum absolute atomic E-state index is 0.0611. The zero-order valence-electron chi connectivity index (χ0n) is 11.5. The van der Waals surface area contributed by atoms with Gasteiger partial charge < -0.3 is 10.6 Å². The second-order valence-electron chi connectivity index (χ2n) is 5.26. The molecule has 0 bridgehead atoms. The first-order valence-electron chi connectivity index (χ1n) is 6.91. The Bertz CT molecular complexity index is 637. The van der Waals surface area contributed by atoms with Crippen LogP contribution < -0.4 is 10.6 Å². The van der Waals surface area contributed by atoms with E-state index in [4.69, 9.17) is 5.73 Å². The van der Waals surface area contributed by atoms with Crippen LogP contribution >= 0.6 is 0 Å². The number of hydrogen-bond acceptors (Lipinski definition) is 2. The number of benzene rings is 2. The smallest absolute Gasteiger partial charge is 0.258 e. The van der Waals surface area contributed by atoms with E-state index < -0.39 is 0 Å². The van der Waals surface area contributed by atoms with Crippen LogP contribution in [0.5, 0.6) is 0 Å². The Morgan fingerprint density at radius 2 is 2.00 bits per heavy atom. The number of nitrogens with two attached hydrogens (primary N) is 1. The molecule has 3 heteroatoms. The van der Waals surface area contributed by atoms with Crippen molar-refractivity contribution < 1.29 is 4.79 Å². The lowest BCUT2D eigenvalue weighted by atomic mass is 10.1. The van der Waals surface area contributed by atoms with Gasteiger partial charge in [0, 0.05) is 23.8 Å². The van der Waals surface area contributed by atoms with Crippen molar-refractivity contribution in [3.63, 3.8) is 0 Å². The van der Waals surface area contributed by atoms with Crippen molar-refractivity contribution in [2.75, 3.05) is 4.90 Å². The van der Waals surface area contributed by atoms with Gasteiger partial charge in [-0.2, -0.15) is 0 Å². The van der Waals surface area contributed by atoms with Crippen molar-refractivity contribution >= 4 is 11.6 Å². The Balaban J connectivity index is 2.01. The maximum Gasteiger partial charge on any atom is 0.258 e. The van der Waals surface area contributed by atoms with Gasteiger partial charge in [0.2, 0.25) is 0 Å². The molecule has 2 aromatic carbocycles. The molecule has 0 aromatic heterocycles. The Morgan fingerprint density at radius 3 is 2.70 bits per heavy atom. The van der Waals surface area contributed by atoms with Crippen LogP contribution in [0, 0.1) is 0 Å². The Morgan fingerprint density at radius 1 is 1.25 bits per heavy atom. The van der Waals surface area contributed by atoms with Gasteiger partial charge in [0.25, 0.3) is 5.91 Å². The van der Waals surface area contributed by atoms with Gasteiger partial charge in [-0.05, 0) is 42.7 Å². The van der Waals surface area contributed by atoms with Crippen molar-refractivity contribution in [3.8, 4) is 0 Å². The quantitative estimate of drug-likeness (QED) is 0.908. The van der Waals surface area contributed by atoms with Crippen LogP contribution in [0.1, 0.15) is 28.4 Å². The maximum absolute atomic E-state index is 12.7. The molecule has 0 spiro atoms. The number of anilines is 1. The topological polar surface area (TPSA) is 46.3 Å². The summed E-state index contributed by atoms with van der Waals surface area (Å²) in [7, 11) is 0. The molecule has 1 heterocycles. The summed E-state index contributed by atoms with van der Waals surface area (Å²) >= 11 is 0. The summed E-state index contributed by atoms with van der Waals surface area (Å²) in [6, 6.07) is 15.8. The van der Waals surface area contributed by atoms with Gasteiger partial charge in [0.1, 0.15) is 0 Å². The third-order valence-electron chi connectivity index (χ3n) is 3.84. The average Bonchev–Trinajstić information content (AvgIpc) is 2.82. The fraction of sp³-hybridized carbons (Fsp3) is 0.235. The molecule has 0 saturated heterocycles. The fourth-order valence-corrected chi connectivity index (χ4v) is 2.81. The van der Waals surface area contributed by atoms with E-state index in [1.807, 2.05) is 47.4 Å². The molecule has 3 nitrogen and oxygen atoms in total. The zero-order valence-corrected chi connectivity index (χ0v) is 11.5. The second-order valence-corrected chi connectivity index (χ2v) is 5.26. The maximum atomic E-state index is 12.7. The molecule has 0 radical (unpaired) electrons. The summed E-state index contributed by atoms with van der Waals surface area (Å²) in [4.78, 5) is 14.6. The van der Waals surface area contributed by atoms with Crippen LogP contribution in [-0.2, 0) is 13.0 Å². The summed E-state index contributed by atoms with van der Waals surface area (Å²) in [5.41, 5.74) is 9.72. The number of fused-ring (bicyclic) bond motifs is 1. The molecule has 102 valence electrons. The molecule has 0 saturated carbocycles. The van der Waals surface area contributed by atoms with Crippen LogP contribution in [0.4, 0.5) is 5.69 Å². The lowest BCUT2D eigenvalue weighted by molar-refractivity contribution is 0.0981. The number of rotatable bonds is 2. The second kappa shape index (κ2) is 5.10. The van der Waals surface area contributed by atoms with Crippen molar-refractivity contribution in [2.24, 2.45) is 5.73 Å². The van der Waals surface area contributed by atoms with Crippen LogP contribution in [0.2, 0.25) is 0 Å². The van der Waals surface area contributed by atoms with Gasteiger partial charge in [-0.15, -0.1) is 0 Å². The van der Waals surface area contributed by atoms with E-state index in [0.29, 0.717) is 6.54 Å². The largest absolute Gasteiger partial charge is 0.326 e. The highest BCUT2D eigenvalue weighted by atomic mass is 16.2. The van der Waals surface area contributed by atoms with E-state index in [0.717, 1.165) is 23.2 Å². The van der Waals surface area contributed by atoms with Gasteiger partial charge in [0.15, 0.2) is 0 Å². The molecule has 0 aliphatic carbocycles. The van der Waals surface area contributed by atoms with Gasteiger partial charge in [-0.25, -0.2) is 0 Å². The Labute approximate surface area is 119 Å². The van der Waals surface area contributed by atoms with E-state index in [1.165, 1.54) is 5.56 Å². The summed E-state index contributed by atoms with van der Waals surface area (Å²) in [5.74, 6) is 0.0611. The fourth-order valence-electron chi connectivity index (χ4n) is 2.81. The molecule has 1 atom stereocenters.